The molecule has 0 aromatic carbocycles. The first kappa shape index (κ1) is 9.14. The molecule has 0 saturated heterocycles. The van der Waals surface area contributed by atoms with Gasteiger partial charge in [0.25, 0.3) is 0 Å². The average Bonchev–Trinajstić information content (AvgIpc) is 2.42. The molecule has 11 heavy (non-hydrogen) atoms. The van der Waals surface area contributed by atoms with Gasteiger partial charge >= 0.3 is 0 Å². The van der Waals surface area contributed by atoms with Gasteiger partial charge in [-0.15, -0.1) is 24.0 Å². The van der Waals surface area contributed by atoms with Crippen LogP contribution in [0.4, 0.5) is 0 Å². The highest BCUT2D eigenvalue weighted by Crippen LogP contribution is 2.48. The lowest BCUT2D eigenvalue weighted by Gasteiger charge is -2.13. The zero-order valence-electron chi connectivity index (χ0n) is 6.33. The van der Waals surface area contributed by atoms with Crippen LogP contribution in [-0.4, -0.2) is 17.3 Å². The first-order valence-electron chi connectivity index (χ1n) is 3.66. The summed E-state index contributed by atoms with van der Waals surface area (Å²) in [5, 5.41) is 0.274. The normalized spacial score (nSPS) is 46.9. The molecule has 0 spiro atoms. The van der Waals surface area contributed by atoms with Gasteiger partial charge in [-0.3, -0.25) is 4.99 Å². The predicted molar refractivity (Wildman–Crippen MR) is 49.6 cm³/mol. The maximum atomic E-state index is 5.96. The van der Waals surface area contributed by atoms with Crippen molar-refractivity contribution in [3.8, 4) is 0 Å². The van der Waals surface area contributed by atoms with E-state index in [4.69, 9.17) is 17.3 Å². The molecule has 1 saturated carbocycles. The first-order chi connectivity index (χ1) is 4.70. The van der Waals surface area contributed by atoms with Crippen molar-refractivity contribution in [1.82, 2.24) is 0 Å². The van der Waals surface area contributed by atoms with Crippen molar-refractivity contribution < 1.29 is 0 Å². The molecule has 0 bridgehead atoms. The Morgan fingerprint density at radius 2 is 2.27 bits per heavy atom. The summed E-state index contributed by atoms with van der Waals surface area (Å²) in [6, 6.07) is 0.352. The highest BCUT2D eigenvalue weighted by Gasteiger charge is 2.54. The Morgan fingerprint density at radius 3 is 2.82 bits per heavy atom. The molecule has 0 aromatic heterocycles. The van der Waals surface area contributed by atoms with Crippen LogP contribution < -0.4 is 5.73 Å². The summed E-state index contributed by atoms with van der Waals surface area (Å²) < 4.78 is 0. The van der Waals surface area contributed by atoms with Crippen LogP contribution in [0.25, 0.3) is 0 Å². The Morgan fingerprint density at radius 1 is 1.64 bits per heavy atom. The summed E-state index contributed by atoms with van der Waals surface area (Å²) in [5.74, 6) is 2.05. The van der Waals surface area contributed by atoms with Gasteiger partial charge in [-0.05, 0) is 5.92 Å². The van der Waals surface area contributed by atoms with E-state index in [1.54, 1.807) is 0 Å². The van der Waals surface area contributed by atoms with Crippen LogP contribution in [0.2, 0.25) is 0 Å². The lowest BCUT2D eigenvalue weighted by Crippen LogP contribution is -2.22. The van der Waals surface area contributed by atoms with Crippen LogP contribution in [0, 0.1) is 11.8 Å². The Kier molecular flexibility index (Phi) is 2.35. The lowest BCUT2D eigenvalue weighted by molar-refractivity contribution is 0.499. The highest BCUT2D eigenvalue weighted by atomic mass is 35.5. The Labute approximate surface area is 77.6 Å². The van der Waals surface area contributed by atoms with Crippen LogP contribution in [0.1, 0.15) is 13.3 Å². The van der Waals surface area contributed by atoms with Crippen LogP contribution >= 0.6 is 24.0 Å². The molecule has 0 unspecified atom stereocenters. The van der Waals surface area contributed by atoms with E-state index in [1.807, 2.05) is 0 Å². The van der Waals surface area contributed by atoms with E-state index in [2.05, 4.69) is 11.9 Å². The molecule has 1 aliphatic heterocycles. The lowest BCUT2D eigenvalue weighted by atomic mass is 9.99. The number of nitrogens with zero attached hydrogens (tertiary/aromatic N) is 1. The number of amidine groups is 1. The third-order valence-corrected chi connectivity index (χ3v) is 3.00. The number of aliphatic imine (C=N–C) groups is 1. The van der Waals surface area contributed by atoms with Gasteiger partial charge < -0.3 is 5.73 Å². The third kappa shape index (κ3) is 1.34. The molecule has 0 radical (unpaired) electrons. The maximum absolute atomic E-state index is 5.96. The first-order valence-corrected chi connectivity index (χ1v) is 4.10. The number of rotatable bonds is 0. The van der Waals surface area contributed by atoms with Crippen molar-refractivity contribution in [1.29, 1.82) is 0 Å². The second kappa shape index (κ2) is 2.83. The fourth-order valence-electron chi connectivity index (χ4n) is 1.80. The van der Waals surface area contributed by atoms with E-state index in [1.165, 1.54) is 0 Å². The van der Waals surface area contributed by atoms with Crippen molar-refractivity contribution in [2.75, 3.05) is 0 Å². The van der Waals surface area contributed by atoms with Crippen molar-refractivity contribution in [2.45, 2.75) is 24.8 Å². The van der Waals surface area contributed by atoms with Crippen LogP contribution in [0.15, 0.2) is 4.99 Å². The highest BCUT2D eigenvalue weighted by molar-refractivity contribution is 6.23. The van der Waals surface area contributed by atoms with E-state index >= 15 is 0 Å². The van der Waals surface area contributed by atoms with Gasteiger partial charge in [0.1, 0.15) is 0 Å². The molecular weight excluding hydrogens is 183 g/mol. The van der Waals surface area contributed by atoms with E-state index in [-0.39, 0.29) is 17.8 Å². The Hall–Kier alpha value is 0.0500. The van der Waals surface area contributed by atoms with Crippen molar-refractivity contribution in [3.05, 3.63) is 0 Å². The molecule has 64 valence electrons. The molecule has 2 rings (SSSR count). The van der Waals surface area contributed by atoms with Gasteiger partial charge in [-0.1, -0.05) is 6.92 Å². The fraction of sp³-hybridized carbons (Fsp3) is 0.857. The number of alkyl halides is 1. The standard InChI is InChI=1S/C7H11ClN2.ClH/c1-3-2-4(9)10-7-5(3)6(7)8;/h3,5-7H,2H2,1H3,(H2,9,10);1H/t3-,5+,6-,7+;/m1./s1. The molecule has 1 fully saturated rings. The third-order valence-electron chi connectivity index (χ3n) is 2.45. The van der Waals surface area contributed by atoms with Crippen LogP contribution in [0.5, 0.6) is 0 Å². The minimum Gasteiger partial charge on any atom is -0.387 e. The van der Waals surface area contributed by atoms with E-state index < -0.39 is 0 Å². The van der Waals surface area contributed by atoms with E-state index in [9.17, 15) is 0 Å². The molecule has 2 N–H and O–H groups in total. The van der Waals surface area contributed by atoms with Gasteiger partial charge in [0, 0.05) is 12.3 Å². The second-order valence-corrected chi connectivity index (χ2v) is 3.82. The molecule has 2 nitrogen and oxygen atoms in total. The number of hydrogen-bond donors (Lipinski definition) is 1. The fourth-order valence-corrected chi connectivity index (χ4v) is 2.34. The number of nitrogens with two attached hydrogens (primary N) is 1. The van der Waals surface area contributed by atoms with E-state index in [0.717, 1.165) is 12.3 Å². The maximum Gasteiger partial charge on any atom is 0.0944 e. The summed E-state index contributed by atoms with van der Waals surface area (Å²) in [6.07, 6.45) is 0.935. The van der Waals surface area contributed by atoms with Crippen molar-refractivity contribution in [2.24, 2.45) is 22.6 Å². The quantitative estimate of drug-likeness (QED) is 0.583. The topological polar surface area (TPSA) is 38.4 Å². The smallest absolute Gasteiger partial charge is 0.0944 e. The van der Waals surface area contributed by atoms with Gasteiger partial charge in [-0.25, -0.2) is 0 Å². The predicted octanol–water partition coefficient (Wildman–Crippen LogP) is 1.41. The molecule has 2 aliphatic rings. The molecule has 0 aromatic rings. The molecule has 4 heteroatoms. The van der Waals surface area contributed by atoms with Gasteiger partial charge in [0.2, 0.25) is 0 Å². The van der Waals surface area contributed by atoms with Crippen LogP contribution in [0.3, 0.4) is 0 Å². The second-order valence-electron chi connectivity index (χ2n) is 3.31. The van der Waals surface area contributed by atoms with Gasteiger partial charge in [-0.2, -0.15) is 0 Å². The molecule has 1 heterocycles. The summed E-state index contributed by atoms with van der Waals surface area (Å²) in [7, 11) is 0. The van der Waals surface area contributed by atoms with Gasteiger partial charge in [0.05, 0.1) is 17.3 Å². The number of halogens is 2. The number of fused-ring (bicyclic) bond motifs is 1. The SMILES string of the molecule is C[C@@H]1CC(N)=N[C@@H]2[C@H](Cl)[C@@H]21.Cl. The summed E-state index contributed by atoms with van der Waals surface area (Å²) in [5.41, 5.74) is 5.60. The zero-order valence-corrected chi connectivity index (χ0v) is 7.90. The minimum atomic E-state index is 0. The number of hydrogen-bond acceptors (Lipinski definition) is 2. The van der Waals surface area contributed by atoms with Crippen molar-refractivity contribution >= 4 is 29.8 Å². The monoisotopic (exact) mass is 194 g/mol. The summed E-state index contributed by atoms with van der Waals surface area (Å²) in [4.78, 5) is 4.25. The molecule has 4 atom stereocenters. The average molecular weight is 195 g/mol. The van der Waals surface area contributed by atoms with Gasteiger partial charge in [0.15, 0.2) is 0 Å². The van der Waals surface area contributed by atoms with E-state index in [0.29, 0.717) is 17.9 Å². The zero-order chi connectivity index (χ0) is 7.30. The minimum absolute atomic E-state index is 0. The van der Waals surface area contributed by atoms with Crippen molar-refractivity contribution in [3.63, 3.8) is 0 Å². The molecular formula is C7H12Cl2N2. The molecule has 0 amide bonds. The summed E-state index contributed by atoms with van der Waals surface area (Å²) >= 11 is 5.96. The summed E-state index contributed by atoms with van der Waals surface area (Å²) in [6.45, 7) is 2.20. The van der Waals surface area contributed by atoms with Crippen LogP contribution in [-0.2, 0) is 0 Å². The Bertz CT molecular complexity index is 193. The Balaban J connectivity index is 0.000000605. The molecule has 1 aliphatic carbocycles. The largest absolute Gasteiger partial charge is 0.387 e.